The lowest BCUT2D eigenvalue weighted by atomic mass is 10.1. The molecule has 4 N–H and O–H groups in total. The van der Waals surface area contributed by atoms with Gasteiger partial charge >= 0.3 is 0 Å². The average Bonchev–Trinajstić information content (AvgIpc) is 3.22. The van der Waals surface area contributed by atoms with Gasteiger partial charge in [0.2, 0.25) is 17.7 Å². The van der Waals surface area contributed by atoms with E-state index in [4.69, 9.17) is 0 Å². The predicted molar refractivity (Wildman–Crippen MR) is 124 cm³/mol. The first kappa shape index (κ1) is 22.2. The Hall–Kier alpha value is -2.97. The van der Waals surface area contributed by atoms with Gasteiger partial charge in [0.05, 0.1) is 12.2 Å². The van der Waals surface area contributed by atoms with Crippen LogP contribution >= 0.6 is 0 Å². The van der Waals surface area contributed by atoms with Gasteiger partial charge in [-0.15, -0.1) is 0 Å². The molecule has 2 heterocycles. The van der Waals surface area contributed by atoms with Gasteiger partial charge < -0.3 is 20.9 Å². The summed E-state index contributed by atoms with van der Waals surface area (Å²) in [6, 6.07) is 12.1. The predicted octanol–water partition coefficient (Wildman–Crippen LogP) is 1.57. The highest BCUT2D eigenvalue weighted by molar-refractivity contribution is 6.05. The number of nitrogens with zero attached hydrogens (tertiary/aromatic N) is 1. The second kappa shape index (κ2) is 9.67. The standard InChI is InChI=1S/C24H31N5O3/c1-15(25-2)22(30)28-19-11-6-14-26-21-13-12-20(29(21)24(19)32)23(31)27-18-10-5-8-16-7-3-4-9-17(16)18/h3-5,7-10,15,19-21,25-26H,6,11-14H2,1-2H3,(H,27,31)(H,28,30)/t15-,19-,20?,21+/m0/s1. The van der Waals surface area contributed by atoms with Gasteiger partial charge in [-0.05, 0) is 57.7 Å². The van der Waals surface area contributed by atoms with Crippen molar-refractivity contribution in [3.8, 4) is 0 Å². The van der Waals surface area contributed by atoms with Crippen molar-refractivity contribution in [2.45, 2.75) is 56.9 Å². The van der Waals surface area contributed by atoms with Crippen LogP contribution in [-0.4, -0.2) is 60.5 Å². The van der Waals surface area contributed by atoms with Crippen molar-refractivity contribution in [2.75, 3.05) is 18.9 Å². The minimum Gasteiger partial charge on any atom is -0.343 e. The van der Waals surface area contributed by atoms with Gasteiger partial charge in [-0.2, -0.15) is 0 Å². The number of hydrogen-bond acceptors (Lipinski definition) is 5. The topological polar surface area (TPSA) is 103 Å². The quantitative estimate of drug-likeness (QED) is 0.569. The minimum atomic E-state index is -0.631. The Morgan fingerprint density at radius 2 is 1.88 bits per heavy atom. The molecular weight excluding hydrogens is 406 g/mol. The molecule has 0 aliphatic carbocycles. The highest BCUT2D eigenvalue weighted by Gasteiger charge is 2.44. The summed E-state index contributed by atoms with van der Waals surface area (Å²) in [4.78, 5) is 40.9. The molecule has 0 spiro atoms. The molecule has 2 aliphatic rings. The summed E-state index contributed by atoms with van der Waals surface area (Å²) in [6.45, 7) is 2.49. The third-order valence-electron chi connectivity index (χ3n) is 6.48. The van der Waals surface area contributed by atoms with Crippen LogP contribution in [0.15, 0.2) is 42.5 Å². The summed E-state index contributed by atoms with van der Waals surface area (Å²) in [6.07, 6.45) is 2.39. The summed E-state index contributed by atoms with van der Waals surface area (Å²) in [5.74, 6) is -0.616. The Balaban J connectivity index is 1.54. The van der Waals surface area contributed by atoms with E-state index in [9.17, 15) is 14.4 Å². The van der Waals surface area contributed by atoms with Crippen LogP contribution in [0.1, 0.15) is 32.6 Å². The molecule has 2 saturated heterocycles. The van der Waals surface area contributed by atoms with Crippen LogP contribution in [0, 0.1) is 0 Å². The monoisotopic (exact) mass is 437 g/mol. The minimum absolute atomic E-state index is 0.200. The molecule has 0 bridgehead atoms. The van der Waals surface area contributed by atoms with Gasteiger partial charge in [-0.3, -0.25) is 19.7 Å². The van der Waals surface area contributed by atoms with Gasteiger partial charge in [0.25, 0.3) is 0 Å². The second-order valence-corrected chi connectivity index (χ2v) is 8.54. The van der Waals surface area contributed by atoms with E-state index in [-0.39, 0.29) is 23.9 Å². The second-order valence-electron chi connectivity index (χ2n) is 8.54. The molecular formula is C24H31N5O3. The zero-order valence-electron chi connectivity index (χ0n) is 18.6. The number of rotatable bonds is 5. The van der Waals surface area contributed by atoms with Gasteiger partial charge in [0.15, 0.2) is 0 Å². The molecule has 0 aromatic heterocycles. The first-order chi connectivity index (χ1) is 15.5. The molecule has 1 unspecified atom stereocenters. The van der Waals surface area contributed by atoms with Gasteiger partial charge in [-0.25, -0.2) is 0 Å². The Kier molecular flexibility index (Phi) is 6.72. The van der Waals surface area contributed by atoms with Crippen LogP contribution in [0.2, 0.25) is 0 Å². The summed E-state index contributed by atoms with van der Waals surface area (Å²) in [7, 11) is 1.71. The number of hydrogen-bond donors (Lipinski definition) is 4. The number of benzene rings is 2. The Labute approximate surface area is 188 Å². The van der Waals surface area contributed by atoms with E-state index < -0.39 is 18.1 Å². The average molecular weight is 438 g/mol. The van der Waals surface area contributed by atoms with E-state index >= 15 is 0 Å². The number of likely N-dealkylation sites (N-methyl/N-ethyl adjacent to an activating group) is 1. The number of fused-ring (bicyclic) bond motifs is 2. The van der Waals surface area contributed by atoms with Crippen molar-refractivity contribution in [3.05, 3.63) is 42.5 Å². The van der Waals surface area contributed by atoms with E-state index in [2.05, 4.69) is 21.3 Å². The molecule has 0 radical (unpaired) electrons. The molecule has 3 amide bonds. The van der Waals surface area contributed by atoms with Crippen molar-refractivity contribution >= 4 is 34.2 Å². The molecule has 32 heavy (non-hydrogen) atoms. The SMILES string of the molecule is CN[C@@H](C)C(=O)N[C@H]1CCCN[C@H]2CCC(C(=O)Nc3cccc4ccccc34)N2C1=O. The van der Waals surface area contributed by atoms with Crippen LogP contribution in [-0.2, 0) is 14.4 Å². The van der Waals surface area contributed by atoms with Crippen molar-refractivity contribution in [2.24, 2.45) is 0 Å². The normalized spacial score (nSPS) is 24.4. The Morgan fingerprint density at radius 1 is 1.09 bits per heavy atom. The van der Waals surface area contributed by atoms with Crippen LogP contribution in [0.25, 0.3) is 10.8 Å². The lowest BCUT2D eigenvalue weighted by Gasteiger charge is -2.35. The largest absolute Gasteiger partial charge is 0.343 e. The van der Waals surface area contributed by atoms with Crippen molar-refractivity contribution in [1.29, 1.82) is 0 Å². The number of anilines is 1. The van der Waals surface area contributed by atoms with Gasteiger partial charge in [-0.1, -0.05) is 36.4 Å². The fraction of sp³-hybridized carbons (Fsp3) is 0.458. The van der Waals surface area contributed by atoms with Crippen LogP contribution < -0.4 is 21.3 Å². The summed E-state index contributed by atoms with van der Waals surface area (Å²) >= 11 is 0. The van der Waals surface area contributed by atoms with E-state index in [1.165, 1.54) is 0 Å². The Morgan fingerprint density at radius 3 is 2.69 bits per heavy atom. The molecule has 2 fully saturated rings. The number of carbonyl (C=O) groups excluding carboxylic acids is 3. The van der Waals surface area contributed by atoms with Crippen molar-refractivity contribution < 1.29 is 14.4 Å². The third kappa shape index (κ3) is 4.47. The highest BCUT2D eigenvalue weighted by atomic mass is 16.2. The number of nitrogens with one attached hydrogen (secondary N) is 4. The molecule has 4 atom stereocenters. The Bertz CT molecular complexity index is 1000. The van der Waals surface area contributed by atoms with Crippen LogP contribution in [0.3, 0.4) is 0 Å². The van der Waals surface area contributed by atoms with E-state index in [1.807, 2.05) is 42.5 Å². The maximum Gasteiger partial charge on any atom is 0.247 e. The smallest absolute Gasteiger partial charge is 0.247 e. The molecule has 2 aromatic rings. The van der Waals surface area contributed by atoms with E-state index in [1.54, 1.807) is 18.9 Å². The molecule has 2 aliphatic heterocycles. The van der Waals surface area contributed by atoms with Crippen LogP contribution in [0.4, 0.5) is 5.69 Å². The molecule has 0 saturated carbocycles. The van der Waals surface area contributed by atoms with E-state index in [0.717, 1.165) is 29.4 Å². The first-order valence-corrected chi connectivity index (χ1v) is 11.3. The molecule has 2 aromatic carbocycles. The fourth-order valence-electron chi connectivity index (χ4n) is 4.57. The third-order valence-corrected chi connectivity index (χ3v) is 6.48. The lowest BCUT2D eigenvalue weighted by Crippen LogP contribution is -2.60. The highest BCUT2D eigenvalue weighted by Crippen LogP contribution is 2.28. The zero-order chi connectivity index (χ0) is 22.7. The molecule has 170 valence electrons. The zero-order valence-corrected chi connectivity index (χ0v) is 18.6. The number of carbonyl (C=O) groups is 3. The molecule has 8 nitrogen and oxygen atoms in total. The maximum atomic E-state index is 13.5. The van der Waals surface area contributed by atoms with E-state index in [0.29, 0.717) is 19.3 Å². The molecule has 4 rings (SSSR count). The van der Waals surface area contributed by atoms with Crippen molar-refractivity contribution in [1.82, 2.24) is 20.9 Å². The van der Waals surface area contributed by atoms with Gasteiger partial charge in [0.1, 0.15) is 12.1 Å². The molecule has 8 heteroatoms. The van der Waals surface area contributed by atoms with Gasteiger partial charge in [0, 0.05) is 11.1 Å². The summed E-state index contributed by atoms with van der Waals surface area (Å²) < 4.78 is 0. The fourth-order valence-corrected chi connectivity index (χ4v) is 4.57. The lowest BCUT2D eigenvalue weighted by molar-refractivity contribution is -0.143. The maximum absolute atomic E-state index is 13.5. The summed E-state index contributed by atoms with van der Waals surface area (Å²) in [5.41, 5.74) is 0.733. The number of amides is 3. The summed E-state index contributed by atoms with van der Waals surface area (Å²) in [5, 5.41) is 14.2. The first-order valence-electron chi connectivity index (χ1n) is 11.3. The van der Waals surface area contributed by atoms with Crippen molar-refractivity contribution in [3.63, 3.8) is 0 Å². The van der Waals surface area contributed by atoms with Crippen LogP contribution in [0.5, 0.6) is 0 Å².